The van der Waals surface area contributed by atoms with Crippen LogP contribution in [0, 0.1) is 6.92 Å². The second kappa shape index (κ2) is 8.95. The lowest BCUT2D eigenvalue weighted by molar-refractivity contribution is 0.0951. The Balaban J connectivity index is 0.00000137. The first-order valence-electron chi connectivity index (χ1n) is 6.20. The van der Waals surface area contributed by atoms with Gasteiger partial charge in [-0.3, -0.25) is 4.79 Å². The quantitative estimate of drug-likeness (QED) is 0.912. The summed E-state index contributed by atoms with van der Waals surface area (Å²) >= 11 is 5.89. The topological polar surface area (TPSA) is 32.3 Å². The fourth-order valence-electron chi connectivity index (χ4n) is 1.28. The second-order valence-corrected chi connectivity index (χ2v) is 4.43. The van der Waals surface area contributed by atoms with Crippen LogP contribution in [-0.2, 0) is 0 Å². The summed E-state index contributed by atoms with van der Waals surface area (Å²) in [7, 11) is 3.94. The minimum atomic E-state index is -0.0541. The minimum absolute atomic E-state index is 0.0541. The third-order valence-electron chi connectivity index (χ3n) is 2.26. The van der Waals surface area contributed by atoms with E-state index in [4.69, 9.17) is 11.6 Å². The van der Waals surface area contributed by atoms with Gasteiger partial charge in [-0.2, -0.15) is 0 Å². The second-order valence-electron chi connectivity index (χ2n) is 4.02. The van der Waals surface area contributed by atoms with Gasteiger partial charge in [0.2, 0.25) is 0 Å². The summed E-state index contributed by atoms with van der Waals surface area (Å²) in [6.07, 6.45) is 0. The molecule has 1 aromatic carbocycles. The summed E-state index contributed by atoms with van der Waals surface area (Å²) in [5, 5.41) is 3.54. The maximum Gasteiger partial charge on any atom is 0.251 e. The number of carbonyl (C=O) groups is 1. The highest BCUT2D eigenvalue weighted by molar-refractivity contribution is 6.31. The van der Waals surface area contributed by atoms with Crippen LogP contribution in [0.3, 0.4) is 0 Å². The van der Waals surface area contributed by atoms with Gasteiger partial charge in [-0.05, 0) is 44.8 Å². The molecule has 1 aromatic rings. The zero-order valence-corrected chi connectivity index (χ0v) is 12.6. The predicted octanol–water partition coefficient (Wildman–Crippen LogP) is 2.97. The van der Waals surface area contributed by atoms with Gasteiger partial charge in [-0.25, -0.2) is 0 Å². The Morgan fingerprint density at radius 3 is 2.44 bits per heavy atom. The summed E-state index contributed by atoms with van der Waals surface area (Å²) in [4.78, 5) is 13.7. The summed E-state index contributed by atoms with van der Waals surface area (Å²) in [5.74, 6) is -0.0541. The number of likely N-dealkylation sites (N-methyl/N-ethyl adjacent to an activating group) is 1. The Kier molecular flexibility index (Phi) is 8.42. The molecular formula is C14H23ClN2O. The van der Waals surface area contributed by atoms with E-state index < -0.39 is 0 Å². The minimum Gasteiger partial charge on any atom is -0.351 e. The van der Waals surface area contributed by atoms with Crippen LogP contribution < -0.4 is 5.32 Å². The number of carbonyl (C=O) groups excluding carboxylic acids is 1. The van der Waals surface area contributed by atoms with Crippen LogP contribution in [-0.4, -0.2) is 38.0 Å². The highest BCUT2D eigenvalue weighted by Gasteiger charge is 2.06. The van der Waals surface area contributed by atoms with E-state index in [0.29, 0.717) is 17.1 Å². The maximum absolute atomic E-state index is 11.7. The maximum atomic E-state index is 11.7. The summed E-state index contributed by atoms with van der Waals surface area (Å²) in [6.45, 7) is 7.37. The number of nitrogens with one attached hydrogen (secondary N) is 1. The molecular weight excluding hydrogens is 248 g/mol. The van der Waals surface area contributed by atoms with Gasteiger partial charge in [0.05, 0.1) is 0 Å². The molecule has 4 heteroatoms. The van der Waals surface area contributed by atoms with Gasteiger partial charge < -0.3 is 10.2 Å². The lowest BCUT2D eigenvalue weighted by Crippen LogP contribution is -2.31. The highest BCUT2D eigenvalue weighted by atomic mass is 35.5. The molecule has 18 heavy (non-hydrogen) atoms. The molecule has 0 aliphatic rings. The molecule has 1 rings (SSSR count). The van der Waals surface area contributed by atoms with E-state index in [2.05, 4.69) is 5.32 Å². The number of aryl methyl sites for hydroxylation is 1. The number of rotatable bonds is 4. The molecule has 0 saturated carbocycles. The van der Waals surface area contributed by atoms with Crippen LogP contribution in [0.4, 0.5) is 0 Å². The predicted molar refractivity (Wildman–Crippen MR) is 78.4 cm³/mol. The highest BCUT2D eigenvalue weighted by Crippen LogP contribution is 2.15. The smallest absolute Gasteiger partial charge is 0.251 e. The molecule has 0 atom stereocenters. The van der Waals surface area contributed by atoms with Gasteiger partial charge in [-0.1, -0.05) is 25.4 Å². The molecule has 0 fully saturated rings. The van der Waals surface area contributed by atoms with E-state index in [1.807, 2.05) is 39.8 Å². The van der Waals surface area contributed by atoms with Gasteiger partial charge in [-0.15, -0.1) is 0 Å². The lowest BCUT2D eigenvalue weighted by Gasteiger charge is -2.10. The third-order valence-corrected chi connectivity index (χ3v) is 2.69. The number of hydrogen-bond acceptors (Lipinski definition) is 2. The molecule has 0 aliphatic heterocycles. The number of benzene rings is 1. The summed E-state index contributed by atoms with van der Waals surface area (Å²) in [5.41, 5.74) is 1.57. The Morgan fingerprint density at radius 1 is 1.33 bits per heavy atom. The van der Waals surface area contributed by atoms with Crippen molar-refractivity contribution in [3.8, 4) is 0 Å². The van der Waals surface area contributed by atoms with E-state index in [-0.39, 0.29) is 5.91 Å². The van der Waals surface area contributed by atoms with Crippen LogP contribution in [0.15, 0.2) is 18.2 Å². The average Bonchev–Trinajstić information content (AvgIpc) is 2.34. The standard InChI is InChI=1S/C12H17ClN2O.C2H6/c1-9-8-10(4-5-11(9)13)12(16)14-6-7-15(2)3;1-2/h4-5,8H,6-7H2,1-3H3,(H,14,16);1-2H3. The van der Waals surface area contributed by atoms with Crippen molar-refractivity contribution in [2.24, 2.45) is 0 Å². The van der Waals surface area contributed by atoms with Crippen molar-refractivity contribution in [3.63, 3.8) is 0 Å². The van der Waals surface area contributed by atoms with Gasteiger partial charge in [0, 0.05) is 23.7 Å². The van der Waals surface area contributed by atoms with Gasteiger partial charge in [0.15, 0.2) is 0 Å². The Bertz CT molecular complexity index is 378. The molecule has 0 spiro atoms. The first kappa shape index (κ1) is 16.9. The largest absolute Gasteiger partial charge is 0.351 e. The van der Waals surface area contributed by atoms with Crippen molar-refractivity contribution < 1.29 is 4.79 Å². The van der Waals surface area contributed by atoms with Gasteiger partial charge >= 0.3 is 0 Å². The Labute approximate surface area is 115 Å². The monoisotopic (exact) mass is 270 g/mol. The fourth-order valence-corrected chi connectivity index (χ4v) is 1.40. The van der Waals surface area contributed by atoms with Crippen molar-refractivity contribution in [2.45, 2.75) is 20.8 Å². The Morgan fingerprint density at radius 2 is 1.94 bits per heavy atom. The van der Waals surface area contributed by atoms with Crippen LogP contribution in [0.5, 0.6) is 0 Å². The number of amides is 1. The zero-order valence-electron chi connectivity index (χ0n) is 11.9. The molecule has 0 radical (unpaired) electrons. The van der Waals surface area contributed by atoms with Gasteiger partial charge in [0.1, 0.15) is 0 Å². The van der Waals surface area contributed by atoms with Crippen LogP contribution in [0.1, 0.15) is 29.8 Å². The van der Waals surface area contributed by atoms with Crippen LogP contribution in [0.2, 0.25) is 5.02 Å². The van der Waals surface area contributed by atoms with E-state index in [1.54, 1.807) is 18.2 Å². The number of nitrogens with zero attached hydrogens (tertiary/aromatic N) is 1. The number of hydrogen-bond donors (Lipinski definition) is 1. The van der Waals surface area contributed by atoms with Crippen molar-refractivity contribution in [2.75, 3.05) is 27.2 Å². The fraction of sp³-hybridized carbons (Fsp3) is 0.500. The summed E-state index contributed by atoms with van der Waals surface area (Å²) < 4.78 is 0. The molecule has 0 unspecified atom stereocenters. The zero-order chi connectivity index (χ0) is 14.1. The first-order chi connectivity index (χ1) is 8.50. The van der Waals surface area contributed by atoms with E-state index in [1.165, 1.54) is 0 Å². The normalized spacial score (nSPS) is 9.72. The lowest BCUT2D eigenvalue weighted by atomic mass is 10.1. The van der Waals surface area contributed by atoms with Crippen LogP contribution in [0.25, 0.3) is 0 Å². The molecule has 0 heterocycles. The summed E-state index contributed by atoms with van der Waals surface area (Å²) in [6, 6.07) is 5.28. The SMILES string of the molecule is CC.Cc1cc(C(=O)NCCN(C)C)ccc1Cl. The van der Waals surface area contributed by atoms with Crippen molar-refractivity contribution >= 4 is 17.5 Å². The van der Waals surface area contributed by atoms with Crippen molar-refractivity contribution in [1.29, 1.82) is 0 Å². The molecule has 1 N–H and O–H groups in total. The van der Waals surface area contributed by atoms with Crippen molar-refractivity contribution in [1.82, 2.24) is 10.2 Å². The van der Waals surface area contributed by atoms with E-state index >= 15 is 0 Å². The molecule has 3 nitrogen and oxygen atoms in total. The molecule has 1 amide bonds. The molecule has 0 aromatic heterocycles. The van der Waals surface area contributed by atoms with E-state index in [9.17, 15) is 4.79 Å². The molecule has 102 valence electrons. The molecule has 0 saturated heterocycles. The molecule has 0 bridgehead atoms. The Hall–Kier alpha value is -1.06. The van der Waals surface area contributed by atoms with E-state index in [0.717, 1.165) is 12.1 Å². The number of halogens is 1. The molecule has 0 aliphatic carbocycles. The average molecular weight is 271 g/mol. The van der Waals surface area contributed by atoms with Crippen molar-refractivity contribution in [3.05, 3.63) is 34.3 Å². The van der Waals surface area contributed by atoms with Crippen LogP contribution >= 0.6 is 11.6 Å². The van der Waals surface area contributed by atoms with Gasteiger partial charge in [0.25, 0.3) is 5.91 Å². The first-order valence-corrected chi connectivity index (χ1v) is 6.57. The third kappa shape index (κ3) is 6.03.